The minimum atomic E-state index is -0.872. The van der Waals surface area contributed by atoms with Gasteiger partial charge >= 0.3 is 0 Å². The average Bonchev–Trinajstić information content (AvgIpc) is 2.80. The largest absolute Gasteiger partial charge is 0.297 e. The monoisotopic (exact) mass is 280 g/mol. The van der Waals surface area contributed by atoms with Gasteiger partial charge in [0.2, 0.25) is 0 Å². The molecule has 19 heavy (non-hydrogen) atoms. The van der Waals surface area contributed by atoms with E-state index in [2.05, 4.69) is 9.98 Å². The molecular formula is C13H10F2N2OS. The van der Waals surface area contributed by atoms with E-state index in [4.69, 9.17) is 0 Å². The van der Waals surface area contributed by atoms with Crippen molar-refractivity contribution < 1.29 is 13.6 Å². The van der Waals surface area contributed by atoms with Crippen LogP contribution in [-0.2, 0) is 11.2 Å². The van der Waals surface area contributed by atoms with E-state index < -0.39 is 11.6 Å². The molecule has 0 aliphatic carbocycles. The van der Waals surface area contributed by atoms with Gasteiger partial charge in [-0.3, -0.25) is 9.79 Å². The summed E-state index contributed by atoms with van der Waals surface area (Å²) < 4.78 is 26.9. The van der Waals surface area contributed by atoms with Crippen LogP contribution in [0.2, 0.25) is 0 Å². The molecule has 2 aromatic rings. The number of rotatable bonds is 2. The van der Waals surface area contributed by atoms with E-state index in [-0.39, 0.29) is 22.9 Å². The van der Waals surface area contributed by atoms with E-state index in [9.17, 15) is 13.6 Å². The van der Waals surface area contributed by atoms with Crippen LogP contribution in [0.3, 0.4) is 0 Å². The highest BCUT2D eigenvalue weighted by atomic mass is 32.1. The fourth-order valence-electron chi connectivity index (χ4n) is 2.09. The number of carbonyl (C=O) groups excluding carboxylic acids is 1. The van der Waals surface area contributed by atoms with Crippen molar-refractivity contribution in [2.75, 3.05) is 6.54 Å². The molecule has 0 saturated heterocycles. The Hall–Kier alpha value is -1.69. The van der Waals surface area contributed by atoms with Crippen LogP contribution in [0.15, 0.2) is 17.1 Å². The number of Topliss-reactive ketones (excluding diaryl/α,β-unsaturated/α-hetero) is 1. The number of aliphatic imine (C=N–C) groups is 1. The number of hydrogen-bond acceptors (Lipinski definition) is 4. The number of thiazole rings is 1. The third-order valence-corrected chi connectivity index (χ3v) is 4.22. The van der Waals surface area contributed by atoms with Crippen LogP contribution in [0.4, 0.5) is 8.78 Å². The van der Waals surface area contributed by atoms with E-state index in [0.29, 0.717) is 23.4 Å². The number of fused-ring (bicyclic) bond motifs is 1. The van der Waals surface area contributed by atoms with Crippen LogP contribution in [0, 0.1) is 17.6 Å². The lowest BCUT2D eigenvalue weighted by molar-refractivity contribution is -0.121. The van der Waals surface area contributed by atoms with Gasteiger partial charge in [0.25, 0.3) is 0 Å². The summed E-state index contributed by atoms with van der Waals surface area (Å²) in [5, 5.41) is 0.660. The predicted molar refractivity (Wildman–Crippen MR) is 69.7 cm³/mol. The number of hydrogen-bond donors (Lipinski definition) is 0. The maximum atomic E-state index is 13.6. The van der Waals surface area contributed by atoms with Crippen molar-refractivity contribution in [2.45, 2.75) is 12.8 Å². The van der Waals surface area contributed by atoms with E-state index in [0.717, 1.165) is 17.4 Å². The van der Waals surface area contributed by atoms with Crippen LogP contribution < -0.4 is 0 Å². The van der Waals surface area contributed by atoms with Gasteiger partial charge in [-0.1, -0.05) is 0 Å². The number of nitrogens with zero attached hydrogens (tertiary/aromatic N) is 2. The topological polar surface area (TPSA) is 42.3 Å². The standard InChI is InChI=1S/C13H10F2N2OS/c14-8-1-2-9-13(12(8)15)19-11(17-9)5-7-3-4-16-6-10(7)18/h1-2,4,7H,3,5-6H2. The first-order chi connectivity index (χ1) is 9.15. The van der Waals surface area contributed by atoms with Crippen LogP contribution >= 0.6 is 11.3 Å². The first-order valence-electron chi connectivity index (χ1n) is 5.89. The molecule has 1 aromatic carbocycles. The Kier molecular flexibility index (Phi) is 3.10. The van der Waals surface area contributed by atoms with Crippen LogP contribution in [0.25, 0.3) is 10.2 Å². The van der Waals surface area contributed by atoms with Gasteiger partial charge in [0.1, 0.15) is 0 Å². The molecule has 1 aliphatic heterocycles. The Bertz CT molecular complexity index is 681. The fourth-order valence-corrected chi connectivity index (χ4v) is 3.16. The van der Waals surface area contributed by atoms with Gasteiger partial charge in [0, 0.05) is 12.3 Å². The smallest absolute Gasteiger partial charge is 0.178 e. The normalized spacial score (nSPS) is 19.3. The van der Waals surface area contributed by atoms with E-state index in [1.165, 1.54) is 6.07 Å². The summed E-state index contributed by atoms with van der Waals surface area (Å²) in [5.74, 6) is -1.80. The van der Waals surface area contributed by atoms with Crippen molar-refractivity contribution in [3.63, 3.8) is 0 Å². The van der Waals surface area contributed by atoms with Gasteiger partial charge in [0.05, 0.1) is 21.8 Å². The summed E-state index contributed by atoms with van der Waals surface area (Å²) in [6.07, 6.45) is 2.79. The highest BCUT2D eigenvalue weighted by Crippen LogP contribution is 2.28. The number of carbonyl (C=O) groups is 1. The van der Waals surface area contributed by atoms with Gasteiger partial charge in [0.15, 0.2) is 17.4 Å². The highest BCUT2D eigenvalue weighted by molar-refractivity contribution is 7.18. The molecule has 3 nitrogen and oxygen atoms in total. The number of benzene rings is 1. The quantitative estimate of drug-likeness (QED) is 0.849. The van der Waals surface area contributed by atoms with Gasteiger partial charge < -0.3 is 0 Å². The second kappa shape index (κ2) is 4.77. The summed E-state index contributed by atoms with van der Waals surface area (Å²) in [4.78, 5) is 19.8. The zero-order valence-corrected chi connectivity index (χ0v) is 10.7. The minimum Gasteiger partial charge on any atom is -0.297 e. The summed E-state index contributed by atoms with van der Waals surface area (Å²) in [7, 11) is 0. The molecule has 0 bridgehead atoms. The molecule has 0 fully saturated rings. The molecule has 98 valence electrons. The Morgan fingerprint density at radius 3 is 3.00 bits per heavy atom. The average molecular weight is 280 g/mol. The molecule has 1 unspecified atom stereocenters. The first-order valence-corrected chi connectivity index (χ1v) is 6.71. The molecular weight excluding hydrogens is 270 g/mol. The van der Waals surface area contributed by atoms with Crippen molar-refractivity contribution >= 4 is 33.6 Å². The molecule has 1 aliphatic rings. The summed E-state index contributed by atoms with van der Waals surface area (Å²) in [6, 6.07) is 2.53. The molecule has 0 radical (unpaired) electrons. The molecule has 2 heterocycles. The van der Waals surface area contributed by atoms with Crippen LogP contribution in [0.1, 0.15) is 11.4 Å². The maximum absolute atomic E-state index is 13.6. The van der Waals surface area contributed by atoms with Crippen LogP contribution in [0.5, 0.6) is 0 Å². The van der Waals surface area contributed by atoms with Crippen molar-refractivity contribution in [3.05, 3.63) is 28.8 Å². The molecule has 0 amide bonds. The Balaban J connectivity index is 1.91. The second-order valence-corrected chi connectivity index (χ2v) is 5.53. The molecule has 0 N–H and O–H groups in total. The van der Waals surface area contributed by atoms with Gasteiger partial charge in [-0.25, -0.2) is 13.8 Å². The second-order valence-electron chi connectivity index (χ2n) is 4.44. The zero-order valence-electron chi connectivity index (χ0n) is 9.90. The Labute approximate surface area is 112 Å². The van der Waals surface area contributed by atoms with Crippen molar-refractivity contribution in [2.24, 2.45) is 10.9 Å². The molecule has 1 atom stereocenters. The summed E-state index contributed by atoms with van der Waals surface area (Å²) in [5.41, 5.74) is 0.441. The molecule has 6 heteroatoms. The lowest BCUT2D eigenvalue weighted by Gasteiger charge is -2.13. The van der Waals surface area contributed by atoms with E-state index in [1.54, 1.807) is 6.21 Å². The third kappa shape index (κ3) is 2.28. The molecule has 1 aromatic heterocycles. The summed E-state index contributed by atoms with van der Waals surface area (Å²) in [6.45, 7) is 0.207. The Morgan fingerprint density at radius 1 is 1.37 bits per heavy atom. The zero-order chi connectivity index (χ0) is 13.4. The minimum absolute atomic E-state index is 0.0772. The van der Waals surface area contributed by atoms with Gasteiger partial charge in [-0.15, -0.1) is 11.3 Å². The number of halogens is 2. The third-order valence-electron chi connectivity index (χ3n) is 3.14. The number of ketones is 1. The van der Waals surface area contributed by atoms with Crippen molar-refractivity contribution in [1.82, 2.24) is 4.98 Å². The maximum Gasteiger partial charge on any atom is 0.178 e. The lowest BCUT2D eigenvalue weighted by Crippen LogP contribution is -2.23. The molecule has 0 saturated carbocycles. The van der Waals surface area contributed by atoms with E-state index in [1.807, 2.05) is 0 Å². The predicted octanol–water partition coefficient (Wildman–Crippen LogP) is 2.78. The molecule has 3 rings (SSSR count). The lowest BCUT2D eigenvalue weighted by atomic mass is 9.95. The Morgan fingerprint density at radius 2 is 2.21 bits per heavy atom. The SMILES string of the molecule is O=C1CN=CCC1Cc1nc2ccc(F)c(F)c2s1. The highest BCUT2D eigenvalue weighted by Gasteiger charge is 2.22. The number of aromatic nitrogens is 1. The fraction of sp³-hybridized carbons (Fsp3) is 0.308. The summed E-state index contributed by atoms with van der Waals surface area (Å²) >= 11 is 1.11. The van der Waals surface area contributed by atoms with Gasteiger partial charge in [-0.2, -0.15) is 0 Å². The molecule has 0 spiro atoms. The van der Waals surface area contributed by atoms with Crippen LogP contribution in [-0.4, -0.2) is 23.5 Å². The van der Waals surface area contributed by atoms with E-state index >= 15 is 0 Å². The first kappa shape index (κ1) is 12.3. The van der Waals surface area contributed by atoms with Crippen molar-refractivity contribution in [3.8, 4) is 0 Å². The van der Waals surface area contributed by atoms with Gasteiger partial charge in [-0.05, 0) is 24.8 Å². The van der Waals surface area contributed by atoms with Crippen molar-refractivity contribution in [1.29, 1.82) is 0 Å².